The van der Waals surface area contributed by atoms with E-state index in [0.717, 1.165) is 50.7 Å². The Bertz CT molecular complexity index is 1780. The number of aliphatic hydroxyl groups excluding tert-OH is 6. The van der Waals surface area contributed by atoms with E-state index < -0.39 is 86.5 Å². The number of ketones is 1. The van der Waals surface area contributed by atoms with Crippen LogP contribution in [0.3, 0.4) is 0 Å². The molecular weight excluding hydrogens is 819 g/mol. The van der Waals surface area contributed by atoms with Crippen LogP contribution in [0.15, 0.2) is 30.3 Å². The Morgan fingerprint density at radius 3 is 2.30 bits per heavy atom. The number of carbonyl (C=O) groups excluding carboxylic acids is 2. The fraction of sp³-hybridized carbons (Fsp3) is 0.830. The van der Waals surface area contributed by atoms with E-state index >= 15 is 0 Å². The van der Waals surface area contributed by atoms with Crippen LogP contribution in [0.1, 0.15) is 91.0 Å². The molecule has 8 fully saturated rings. The number of fused-ring (bicyclic) bond motifs is 7. The lowest BCUT2D eigenvalue weighted by molar-refractivity contribution is -0.364. The highest BCUT2D eigenvalue weighted by Gasteiger charge is 2.71. The molecule has 1 aromatic carbocycles. The molecule has 9 rings (SSSR count). The number of aliphatic hydroxyl groups is 6. The molecule has 22 atom stereocenters. The summed E-state index contributed by atoms with van der Waals surface area (Å²) in [5, 5.41) is 67.8. The van der Waals surface area contributed by atoms with Crippen molar-refractivity contribution in [1.29, 1.82) is 0 Å². The van der Waals surface area contributed by atoms with Crippen molar-refractivity contribution in [3.8, 4) is 0 Å². The molecule has 63 heavy (non-hydrogen) atoms. The van der Waals surface area contributed by atoms with Gasteiger partial charge in [0.2, 0.25) is 0 Å². The third-order valence-corrected chi connectivity index (χ3v) is 17.3. The van der Waals surface area contributed by atoms with Gasteiger partial charge in [-0.3, -0.25) is 4.79 Å². The molecule has 0 radical (unpaired) electrons. The Hall–Kier alpha value is -2.32. The van der Waals surface area contributed by atoms with Crippen molar-refractivity contribution in [3.63, 3.8) is 0 Å². The smallest absolute Gasteiger partial charge is 0.407 e. The van der Waals surface area contributed by atoms with Crippen molar-refractivity contribution >= 4 is 11.9 Å². The molecule has 4 saturated carbocycles. The van der Waals surface area contributed by atoms with Crippen molar-refractivity contribution in [3.05, 3.63) is 35.9 Å². The van der Waals surface area contributed by atoms with Crippen molar-refractivity contribution in [2.75, 3.05) is 19.8 Å². The van der Waals surface area contributed by atoms with Crippen LogP contribution in [0.5, 0.6) is 0 Å². The minimum Gasteiger partial charge on any atom is -0.447 e. The van der Waals surface area contributed by atoms with Gasteiger partial charge < -0.3 is 69.1 Å². The van der Waals surface area contributed by atoms with Crippen LogP contribution < -0.4 is 5.32 Å². The van der Waals surface area contributed by atoms with Gasteiger partial charge in [0, 0.05) is 31.2 Å². The number of carbonyl (C=O) groups is 2. The van der Waals surface area contributed by atoms with Crippen molar-refractivity contribution in [1.82, 2.24) is 5.32 Å². The zero-order valence-corrected chi connectivity index (χ0v) is 36.9. The van der Waals surface area contributed by atoms with Crippen LogP contribution in [-0.4, -0.2) is 142 Å². The maximum atomic E-state index is 14.6. The number of alkyl carbamates (subject to hydrolysis) is 1. The fourth-order valence-corrected chi connectivity index (χ4v) is 14.0. The summed E-state index contributed by atoms with van der Waals surface area (Å²) in [6, 6.07) is 9.14. The minimum absolute atomic E-state index is 0.0416. The standard InChI is InChI=1S/C47H69NO15/c1-23-12-15-47(58-21-23)24(2)34-31(63-47)17-29-28-11-10-26-16-27(13-14-45(26,3)35(28)30(50)18-46(29,34)4)59-42-40(55)38(53)41(32(20-49)60-42)62-43-39(54)37(52)36(51)33(61-43)22-57-44(56)48-19-25-8-6-5-7-9-25/h5-9,23-24,26-29,31-43,49,51-55H,10-22H2,1-4H3,(H,48,56)/t23-,24+,26+,27+,28?,29?,31?,32+,33+,34?,35?,36-,37+,38-,39+,40+,41-,42-,43+,45+,46+,47-/m1/s1. The molecule has 16 heteroatoms. The first kappa shape index (κ1) is 45.8. The summed E-state index contributed by atoms with van der Waals surface area (Å²) in [7, 11) is 0. The predicted octanol–water partition coefficient (Wildman–Crippen LogP) is 2.56. The van der Waals surface area contributed by atoms with Crippen LogP contribution in [-0.2, 0) is 44.5 Å². The van der Waals surface area contributed by atoms with Crippen LogP contribution in [0, 0.1) is 52.3 Å². The third kappa shape index (κ3) is 8.09. The maximum absolute atomic E-state index is 14.6. The number of ether oxygens (including phenoxy) is 7. The first-order valence-corrected chi connectivity index (χ1v) is 23.5. The largest absolute Gasteiger partial charge is 0.447 e. The normalized spacial score (nSPS) is 50.6. The van der Waals surface area contributed by atoms with E-state index in [0.29, 0.717) is 48.7 Å². The quantitative estimate of drug-likeness (QED) is 0.177. The number of hydrogen-bond acceptors (Lipinski definition) is 15. The van der Waals surface area contributed by atoms with Crippen LogP contribution >= 0.6 is 0 Å². The molecule has 4 aliphatic heterocycles. The van der Waals surface area contributed by atoms with Gasteiger partial charge in [0.15, 0.2) is 18.4 Å². The predicted molar refractivity (Wildman–Crippen MR) is 221 cm³/mol. The molecule has 4 heterocycles. The summed E-state index contributed by atoms with van der Waals surface area (Å²) in [4.78, 5) is 27.0. The first-order valence-electron chi connectivity index (χ1n) is 23.5. The van der Waals surface area contributed by atoms with E-state index in [1.165, 1.54) is 0 Å². The van der Waals surface area contributed by atoms with E-state index in [1.54, 1.807) is 0 Å². The second kappa shape index (κ2) is 17.7. The third-order valence-electron chi connectivity index (χ3n) is 17.3. The van der Waals surface area contributed by atoms with Crippen LogP contribution in [0.2, 0.25) is 0 Å². The molecule has 1 aromatic rings. The van der Waals surface area contributed by atoms with E-state index in [4.69, 9.17) is 33.2 Å². The van der Waals surface area contributed by atoms with E-state index in [9.17, 15) is 40.2 Å². The molecule has 0 bridgehead atoms. The topological polar surface area (TPSA) is 232 Å². The lowest BCUT2D eigenvalue weighted by atomic mass is 9.44. The number of benzene rings is 1. The van der Waals surface area contributed by atoms with Gasteiger partial charge in [-0.1, -0.05) is 58.0 Å². The second-order valence-corrected chi connectivity index (χ2v) is 20.9. The van der Waals surface area contributed by atoms with Gasteiger partial charge >= 0.3 is 6.09 Å². The number of hydrogen-bond donors (Lipinski definition) is 7. The summed E-state index contributed by atoms with van der Waals surface area (Å²) in [6.07, 6.45) is -9.15. The first-order chi connectivity index (χ1) is 30.1. The fourth-order valence-electron chi connectivity index (χ4n) is 14.0. The van der Waals surface area contributed by atoms with Gasteiger partial charge in [-0.05, 0) is 90.9 Å². The molecule has 8 aliphatic rings. The number of Topliss-reactive ketones (excluding diaryl/α,β-unsaturated/α-hetero) is 1. The molecular formula is C47H69NO15. The number of rotatable bonds is 9. The van der Waals surface area contributed by atoms with Crippen molar-refractivity contribution in [2.24, 2.45) is 52.3 Å². The Balaban J connectivity index is 0.798. The molecule has 4 saturated heterocycles. The number of nitrogens with one attached hydrogen (secondary N) is 1. The molecule has 352 valence electrons. The SMILES string of the molecule is C[C@@H]1CC[C@@]2(OC1)OC1CC3C4CC[C@H]5C[C@@H](O[C@@H]6O[C@@H](CO)[C@@H](O[C@@H]7O[C@@H](COC(=O)NCc8ccccc8)[C@@H](O)[C@H](O)[C@@H]7O)[C@H](O)[C@@H]6O)CC[C@]5(C)C4C(=O)C[C@]3(C)C1[C@@H]2C. The molecule has 5 unspecified atom stereocenters. The highest BCUT2D eigenvalue weighted by molar-refractivity contribution is 5.84. The van der Waals surface area contributed by atoms with Crippen molar-refractivity contribution in [2.45, 2.75) is 171 Å². The van der Waals surface area contributed by atoms with Gasteiger partial charge in [-0.2, -0.15) is 0 Å². The highest BCUT2D eigenvalue weighted by atomic mass is 16.7. The summed E-state index contributed by atoms with van der Waals surface area (Å²) in [5.41, 5.74) is 0.503. The van der Waals surface area contributed by atoms with E-state index in [-0.39, 0.29) is 47.3 Å². The monoisotopic (exact) mass is 887 g/mol. The van der Waals surface area contributed by atoms with Gasteiger partial charge in [0.25, 0.3) is 0 Å². The molecule has 0 aromatic heterocycles. The average Bonchev–Trinajstić information content (AvgIpc) is 3.71. The molecule has 16 nitrogen and oxygen atoms in total. The Morgan fingerprint density at radius 1 is 0.841 bits per heavy atom. The van der Waals surface area contributed by atoms with Crippen LogP contribution in [0.4, 0.5) is 4.79 Å². The Kier molecular flexibility index (Phi) is 12.9. The molecule has 4 aliphatic carbocycles. The summed E-state index contributed by atoms with van der Waals surface area (Å²) < 4.78 is 42.6. The Morgan fingerprint density at radius 2 is 1.57 bits per heavy atom. The molecule has 1 spiro atoms. The Labute approximate surface area is 369 Å². The number of amides is 1. The lowest BCUT2D eigenvalue weighted by Gasteiger charge is -2.60. The maximum Gasteiger partial charge on any atom is 0.407 e. The zero-order valence-electron chi connectivity index (χ0n) is 36.9. The van der Waals surface area contributed by atoms with Crippen molar-refractivity contribution < 1.29 is 73.4 Å². The summed E-state index contributed by atoms with van der Waals surface area (Å²) in [5.74, 6) is 1.77. The highest BCUT2D eigenvalue weighted by Crippen LogP contribution is 2.70. The van der Waals surface area contributed by atoms with Gasteiger partial charge in [0.1, 0.15) is 61.2 Å². The summed E-state index contributed by atoms with van der Waals surface area (Å²) in [6.45, 7) is 8.91. The minimum atomic E-state index is -1.81. The van der Waals surface area contributed by atoms with Gasteiger partial charge in [-0.25, -0.2) is 4.79 Å². The van der Waals surface area contributed by atoms with E-state index in [2.05, 4.69) is 33.0 Å². The van der Waals surface area contributed by atoms with Gasteiger partial charge in [0.05, 0.1) is 25.4 Å². The van der Waals surface area contributed by atoms with E-state index in [1.807, 2.05) is 30.3 Å². The molecule has 1 amide bonds. The zero-order chi connectivity index (χ0) is 44.6. The van der Waals surface area contributed by atoms with Crippen LogP contribution in [0.25, 0.3) is 0 Å². The average molecular weight is 888 g/mol. The van der Waals surface area contributed by atoms with Gasteiger partial charge in [-0.15, -0.1) is 0 Å². The molecule has 7 N–H and O–H groups in total. The summed E-state index contributed by atoms with van der Waals surface area (Å²) >= 11 is 0. The second-order valence-electron chi connectivity index (χ2n) is 20.9. The lowest BCUT2D eigenvalue weighted by Crippen LogP contribution is -2.65.